The SMILES string of the molecule is C=CCNC(=NCCc1cnn(-c2ccccc2)c1)NCC. The predicted octanol–water partition coefficient (Wildman–Crippen LogP) is 2.16. The van der Waals surface area contributed by atoms with Crippen molar-refractivity contribution in [3.63, 3.8) is 0 Å². The number of benzene rings is 1. The van der Waals surface area contributed by atoms with Gasteiger partial charge in [-0.15, -0.1) is 6.58 Å². The average Bonchev–Trinajstić information content (AvgIpc) is 3.02. The first-order valence-corrected chi connectivity index (χ1v) is 7.55. The summed E-state index contributed by atoms with van der Waals surface area (Å²) in [7, 11) is 0. The standard InChI is InChI=1S/C17H23N5/c1-3-11-19-17(18-4-2)20-12-10-15-13-21-22(14-15)16-8-6-5-7-9-16/h3,5-9,13-14H,1,4,10-12H2,2H3,(H2,18,19,20). The first-order valence-electron chi connectivity index (χ1n) is 7.55. The lowest BCUT2D eigenvalue weighted by atomic mass is 10.2. The molecule has 5 nitrogen and oxygen atoms in total. The molecule has 0 bridgehead atoms. The Hall–Kier alpha value is -2.56. The highest BCUT2D eigenvalue weighted by atomic mass is 15.3. The Balaban J connectivity index is 1.91. The maximum absolute atomic E-state index is 4.54. The van der Waals surface area contributed by atoms with Crippen molar-refractivity contribution in [2.75, 3.05) is 19.6 Å². The third-order valence-electron chi connectivity index (χ3n) is 3.09. The number of guanidine groups is 1. The van der Waals surface area contributed by atoms with Crippen LogP contribution in [0.1, 0.15) is 12.5 Å². The molecule has 116 valence electrons. The maximum atomic E-state index is 4.54. The zero-order valence-corrected chi connectivity index (χ0v) is 13.0. The van der Waals surface area contributed by atoms with E-state index in [4.69, 9.17) is 0 Å². The van der Waals surface area contributed by atoms with E-state index in [0.29, 0.717) is 13.1 Å². The van der Waals surface area contributed by atoms with Crippen molar-refractivity contribution in [3.8, 4) is 5.69 Å². The van der Waals surface area contributed by atoms with Crippen molar-refractivity contribution in [1.29, 1.82) is 0 Å². The van der Waals surface area contributed by atoms with E-state index < -0.39 is 0 Å². The first kappa shape index (κ1) is 15.8. The van der Waals surface area contributed by atoms with Crippen molar-refractivity contribution in [2.45, 2.75) is 13.3 Å². The van der Waals surface area contributed by atoms with Crippen molar-refractivity contribution < 1.29 is 0 Å². The van der Waals surface area contributed by atoms with Gasteiger partial charge in [0.25, 0.3) is 0 Å². The summed E-state index contributed by atoms with van der Waals surface area (Å²) < 4.78 is 1.89. The molecule has 5 heteroatoms. The minimum atomic E-state index is 0.706. The quantitative estimate of drug-likeness (QED) is 0.468. The fraction of sp³-hybridized carbons (Fsp3) is 0.294. The monoisotopic (exact) mass is 297 g/mol. The molecule has 0 saturated heterocycles. The molecule has 0 saturated carbocycles. The number of nitrogens with one attached hydrogen (secondary N) is 2. The largest absolute Gasteiger partial charge is 0.357 e. The molecule has 0 aliphatic rings. The van der Waals surface area contributed by atoms with Gasteiger partial charge in [-0.25, -0.2) is 4.68 Å². The molecule has 22 heavy (non-hydrogen) atoms. The summed E-state index contributed by atoms with van der Waals surface area (Å²) in [6.45, 7) is 8.01. The number of aliphatic imine (C=N–C) groups is 1. The lowest BCUT2D eigenvalue weighted by Crippen LogP contribution is -2.37. The highest BCUT2D eigenvalue weighted by molar-refractivity contribution is 5.79. The van der Waals surface area contributed by atoms with Crippen LogP contribution in [0.5, 0.6) is 0 Å². The van der Waals surface area contributed by atoms with Crippen LogP contribution in [-0.2, 0) is 6.42 Å². The van der Waals surface area contributed by atoms with Crippen LogP contribution in [-0.4, -0.2) is 35.4 Å². The maximum Gasteiger partial charge on any atom is 0.191 e. The van der Waals surface area contributed by atoms with Gasteiger partial charge in [0, 0.05) is 25.8 Å². The Morgan fingerprint density at radius 3 is 2.86 bits per heavy atom. The summed E-state index contributed by atoms with van der Waals surface area (Å²) in [6.07, 6.45) is 6.62. The van der Waals surface area contributed by atoms with E-state index in [1.165, 1.54) is 5.56 Å². The molecule has 1 heterocycles. The van der Waals surface area contributed by atoms with Gasteiger partial charge in [0.1, 0.15) is 0 Å². The highest BCUT2D eigenvalue weighted by Gasteiger charge is 2.01. The van der Waals surface area contributed by atoms with E-state index in [1.807, 2.05) is 47.3 Å². The zero-order valence-electron chi connectivity index (χ0n) is 13.0. The molecule has 1 aromatic carbocycles. The topological polar surface area (TPSA) is 54.2 Å². The number of hydrogen-bond acceptors (Lipinski definition) is 2. The smallest absolute Gasteiger partial charge is 0.191 e. The molecule has 0 unspecified atom stereocenters. The molecular weight excluding hydrogens is 274 g/mol. The molecule has 0 atom stereocenters. The van der Waals surface area contributed by atoms with Gasteiger partial charge in [-0.1, -0.05) is 24.3 Å². The fourth-order valence-corrected chi connectivity index (χ4v) is 2.02. The van der Waals surface area contributed by atoms with Gasteiger partial charge in [0.2, 0.25) is 0 Å². The van der Waals surface area contributed by atoms with Gasteiger partial charge in [-0.3, -0.25) is 4.99 Å². The normalized spacial score (nSPS) is 11.2. The van der Waals surface area contributed by atoms with Gasteiger partial charge in [0.05, 0.1) is 11.9 Å². The molecule has 0 aliphatic heterocycles. The molecule has 2 aromatic rings. The third-order valence-corrected chi connectivity index (χ3v) is 3.09. The third kappa shape index (κ3) is 4.77. The summed E-state index contributed by atoms with van der Waals surface area (Å²) >= 11 is 0. The molecule has 2 rings (SSSR count). The molecule has 0 amide bonds. The van der Waals surface area contributed by atoms with E-state index in [9.17, 15) is 0 Å². The molecule has 0 spiro atoms. The van der Waals surface area contributed by atoms with Crippen LogP contribution in [0.4, 0.5) is 0 Å². The number of para-hydroxylation sites is 1. The molecule has 0 aliphatic carbocycles. The van der Waals surface area contributed by atoms with Gasteiger partial charge < -0.3 is 10.6 Å². The summed E-state index contributed by atoms with van der Waals surface area (Å²) in [5.74, 6) is 0.817. The molecular formula is C17H23N5. The molecule has 0 radical (unpaired) electrons. The van der Waals surface area contributed by atoms with E-state index in [-0.39, 0.29) is 0 Å². The molecule has 0 fully saturated rings. The number of hydrogen-bond donors (Lipinski definition) is 2. The Morgan fingerprint density at radius 1 is 1.32 bits per heavy atom. The summed E-state index contributed by atoms with van der Waals surface area (Å²) in [6, 6.07) is 10.1. The minimum absolute atomic E-state index is 0.706. The molecule has 1 aromatic heterocycles. The zero-order chi connectivity index (χ0) is 15.6. The van der Waals surface area contributed by atoms with Gasteiger partial charge in [-0.05, 0) is 31.0 Å². The lowest BCUT2D eigenvalue weighted by molar-refractivity contribution is 0.850. The van der Waals surface area contributed by atoms with Crippen LogP contribution >= 0.6 is 0 Å². The number of aromatic nitrogens is 2. The first-order chi connectivity index (χ1) is 10.8. The Kier molecular flexibility index (Phi) is 6.23. The Labute approximate surface area is 131 Å². The van der Waals surface area contributed by atoms with E-state index in [1.54, 1.807) is 0 Å². The van der Waals surface area contributed by atoms with E-state index in [2.05, 4.69) is 40.4 Å². The van der Waals surface area contributed by atoms with Crippen LogP contribution in [0.25, 0.3) is 5.69 Å². The van der Waals surface area contributed by atoms with Crippen LogP contribution < -0.4 is 10.6 Å². The van der Waals surface area contributed by atoms with Gasteiger partial charge >= 0.3 is 0 Å². The summed E-state index contributed by atoms with van der Waals surface area (Å²) in [5.41, 5.74) is 2.24. The van der Waals surface area contributed by atoms with Crippen molar-refractivity contribution >= 4 is 5.96 Å². The summed E-state index contributed by atoms with van der Waals surface area (Å²) in [5, 5.41) is 10.8. The lowest BCUT2D eigenvalue weighted by Gasteiger charge is -2.08. The second kappa shape index (κ2) is 8.67. The van der Waals surface area contributed by atoms with Crippen LogP contribution in [0.3, 0.4) is 0 Å². The second-order valence-electron chi connectivity index (χ2n) is 4.81. The van der Waals surface area contributed by atoms with Crippen LogP contribution in [0.2, 0.25) is 0 Å². The van der Waals surface area contributed by atoms with Crippen molar-refractivity contribution in [2.24, 2.45) is 4.99 Å². The predicted molar refractivity (Wildman–Crippen MR) is 91.4 cm³/mol. The summed E-state index contributed by atoms with van der Waals surface area (Å²) in [4.78, 5) is 4.54. The number of nitrogens with zero attached hydrogens (tertiary/aromatic N) is 3. The molecule has 2 N–H and O–H groups in total. The fourth-order valence-electron chi connectivity index (χ4n) is 2.02. The average molecular weight is 297 g/mol. The van der Waals surface area contributed by atoms with Crippen LogP contribution in [0.15, 0.2) is 60.4 Å². The van der Waals surface area contributed by atoms with Crippen molar-refractivity contribution in [1.82, 2.24) is 20.4 Å². The number of rotatable bonds is 7. The van der Waals surface area contributed by atoms with Gasteiger partial charge in [-0.2, -0.15) is 5.10 Å². The van der Waals surface area contributed by atoms with Crippen molar-refractivity contribution in [3.05, 3.63) is 60.9 Å². The minimum Gasteiger partial charge on any atom is -0.357 e. The van der Waals surface area contributed by atoms with Gasteiger partial charge in [0.15, 0.2) is 5.96 Å². The Morgan fingerprint density at radius 2 is 2.14 bits per heavy atom. The second-order valence-corrected chi connectivity index (χ2v) is 4.81. The highest BCUT2D eigenvalue weighted by Crippen LogP contribution is 2.08. The van der Waals surface area contributed by atoms with E-state index in [0.717, 1.165) is 24.6 Å². The Bertz CT molecular complexity index is 601. The van der Waals surface area contributed by atoms with Crippen LogP contribution in [0, 0.1) is 0 Å². The van der Waals surface area contributed by atoms with E-state index >= 15 is 0 Å².